The van der Waals surface area contributed by atoms with Crippen LogP contribution in [0.3, 0.4) is 0 Å². The van der Waals surface area contributed by atoms with E-state index < -0.39 is 36.0 Å². The number of hydrogen-bond donors (Lipinski definition) is 2. The van der Waals surface area contributed by atoms with Crippen LogP contribution in [0.25, 0.3) is 0 Å². The maximum atomic E-state index is 12.5. The zero-order valence-electron chi connectivity index (χ0n) is 14.7. The molecule has 8 heteroatoms. The second-order valence-corrected chi connectivity index (χ2v) is 6.03. The molecule has 8 nitrogen and oxygen atoms in total. The smallest absolute Gasteiger partial charge is 0.344 e. The Hall–Kier alpha value is -3.16. The quantitative estimate of drug-likeness (QED) is 0.431. The predicted octanol–water partition coefficient (Wildman–Crippen LogP) is 1.08. The SMILES string of the molecule is C/C=C/C(=O)OCC(=O)NN1C(=O)N[C@@](C)(CCc2ccccc2)C1=O. The van der Waals surface area contributed by atoms with E-state index in [0.717, 1.165) is 11.6 Å². The number of carbonyl (C=O) groups excluding carboxylic acids is 4. The molecule has 0 aliphatic carbocycles. The van der Waals surface area contributed by atoms with Gasteiger partial charge in [0.2, 0.25) is 0 Å². The van der Waals surface area contributed by atoms with Gasteiger partial charge >= 0.3 is 12.0 Å². The third-order valence-electron chi connectivity index (χ3n) is 3.90. The summed E-state index contributed by atoms with van der Waals surface area (Å²) in [7, 11) is 0. The van der Waals surface area contributed by atoms with Gasteiger partial charge < -0.3 is 10.1 Å². The lowest BCUT2D eigenvalue weighted by atomic mass is 9.93. The second kappa shape index (κ2) is 8.28. The van der Waals surface area contributed by atoms with E-state index in [9.17, 15) is 19.2 Å². The molecule has 1 fully saturated rings. The number of imide groups is 1. The molecule has 1 atom stereocenters. The number of carbonyl (C=O) groups is 4. The van der Waals surface area contributed by atoms with Gasteiger partial charge in [-0.3, -0.25) is 15.0 Å². The topological polar surface area (TPSA) is 105 Å². The molecule has 26 heavy (non-hydrogen) atoms. The molecular formula is C18H21N3O5. The Morgan fingerprint density at radius 2 is 1.96 bits per heavy atom. The number of nitrogens with one attached hydrogen (secondary N) is 2. The number of hydrogen-bond acceptors (Lipinski definition) is 5. The molecule has 1 aromatic carbocycles. The number of aryl methyl sites for hydroxylation is 1. The van der Waals surface area contributed by atoms with Gasteiger partial charge in [-0.05, 0) is 32.3 Å². The fourth-order valence-electron chi connectivity index (χ4n) is 2.47. The number of rotatable bonds is 7. The van der Waals surface area contributed by atoms with Gasteiger partial charge in [-0.25, -0.2) is 9.59 Å². The Morgan fingerprint density at radius 3 is 2.62 bits per heavy atom. The summed E-state index contributed by atoms with van der Waals surface area (Å²) in [6, 6.07) is 8.84. The second-order valence-electron chi connectivity index (χ2n) is 6.03. The van der Waals surface area contributed by atoms with Crippen molar-refractivity contribution in [1.29, 1.82) is 0 Å². The van der Waals surface area contributed by atoms with Crippen LogP contribution in [0.2, 0.25) is 0 Å². The fourth-order valence-corrected chi connectivity index (χ4v) is 2.47. The first kappa shape index (κ1) is 19.2. The lowest BCUT2D eigenvalue weighted by Gasteiger charge is -2.21. The summed E-state index contributed by atoms with van der Waals surface area (Å²) in [6.45, 7) is 2.64. The van der Waals surface area contributed by atoms with Crippen molar-refractivity contribution in [3.8, 4) is 0 Å². The van der Waals surface area contributed by atoms with E-state index in [-0.39, 0.29) is 0 Å². The molecule has 138 valence electrons. The van der Waals surface area contributed by atoms with Gasteiger partial charge in [0, 0.05) is 6.08 Å². The average molecular weight is 359 g/mol. The molecule has 4 amide bonds. The molecule has 2 rings (SSSR count). The summed E-state index contributed by atoms with van der Waals surface area (Å²) in [4.78, 5) is 47.6. The molecule has 0 aromatic heterocycles. The summed E-state index contributed by atoms with van der Waals surface area (Å²) in [5, 5.41) is 3.22. The standard InChI is InChI=1S/C18H21N3O5/c1-3-7-15(23)26-12-14(22)20-21-16(24)18(2,19-17(21)25)11-10-13-8-5-4-6-9-13/h3-9H,10-12H2,1-2H3,(H,19,25)(H,20,22)/b7-3+/t18-/m0/s1. The fraction of sp³-hybridized carbons (Fsp3) is 0.333. The van der Waals surface area contributed by atoms with Crippen LogP contribution in [0.4, 0.5) is 4.79 Å². The van der Waals surface area contributed by atoms with Crippen LogP contribution in [0.1, 0.15) is 25.8 Å². The summed E-state index contributed by atoms with van der Waals surface area (Å²) in [5.41, 5.74) is 2.07. The molecule has 1 aliphatic rings. The van der Waals surface area contributed by atoms with Crippen LogP contribution in [0, 0.1) is 0 Å². The van der Waals surface area contributed by atoms with E-state index in [2.05, 4.69) is 15.5 Å². The Kier molecular flexibility index (Phi) is 6.11. The average Bonchev–Trinajstić information content (AvgIpc) is 2.83. The first-order valence-corrected chi connectivity index (χ1v) is 8.15. The van der Waals surface area contributed by atoms with Gasteiger partial charge in [0.1, 0.15) is 5.54 Å². The number of hydrazine groups is 1. The van der Waals surface area contributed by atoms with Crippen LogP contribution in [0.15, 0.2) is 42.5 Å². The van der Waals surface area contributed by atoms with Crippen molar-refractivity contribution >= 4 is 23.8 Å². The molecule has 0 spiro atoms. The Bertz CT molecular complexity index is 732. The van der Waals surface area contributed by atoms with E-state index >= 15 is 0 Å². The van der Waals surface area contributed by atoms with E-state index in [1.165, 1.54) is 6.08 Å². The molecule has 0 bridgehead atoms. The van der Waals surface area contributed by atoms with Crippen molar-refractivity contribution < 1.29 is 23.9 Å². The molecule has 1 saturated heterocycles. The molecule has 0 saturated carbocycles. The van der Waals surface area contributed by atoms with Gasteiger partial charge in [-0.15, -0.1) is 0 Å². The number of allylic oxidation sites excluding steroid dienone is 1. The molecule has 1 aliphatic heterocycles. The predicted molar refractivity (Wildman–Crippen MR) is 92.5 cm³/mol. The van der Waals surface area contributed by atoms with Crippen molar-refractivity contribution in [2.75, 3.05) is 6.61 Å². The Balaban J connectivity index is 1.92. The summed E-state index contributed by atoms with van der Waals surface area (Å²) >= 11 is 0. The van der Waals surface area contributed by atoms with Crippen molar-refractivity contribution in [2.45, 2.75) is 32.2 Å². The van der Waals surface area contributed by atoms with Gasteiger partial charge in [0.15, 0.2) is 6.61 Å². The van der Waals surface area contributed by atoms with Crippen LogP contribution in [0.5, 0.6) is 0 Å². The third kappa shape index (κ3) is 4.69. The van der Waals surface area contributed by atoms with Gasteiger partial charge in [0.05, 0.1) is 0 Å². The number of nitrogens with zero attached hydrogens (tertiary/aromatic N) is 1. The normalized spacial score (nSPS) is 19.5. The first-order chi connectivity index (χ1) is 12.4. The van der Waals surface area contributed by atoms with Crippen molar-refractivity contribution in [3.05, 3.63) is 48.0 Å². The zero-order valence-corrected chi connectivity index (χ0v) is 14.7. The molecule has 1 aromatic rings. The molecule has 0 unspecified atom stereocenters. The minimum atomic E-state index is -1.12. The molecular weight excluding hydrogens is 338 g/mol. The lowest BCUT2D eigenvalue weighted by Crippen LogP contribution is -2.49. The highest BCUT2D eigenvalue weighted by Crippen LogP contribution is 2.22. The minimum Gasteiger partial charge on any atom is -0.452 e. The van der Waals surface area contributed by atoms with Crippen LogP contribution in [-0.2, 0) is 25.5 Å². The van der Waals surface area contributed by atoms with Crippen molar-refractivity contribution in [3.63, 3.8) is 0 Å². The van der Waals surface area contributed by atoms with E-state index in [4.69, 9.17) is 0 Å². The van der Waals surface area contributed by atoms with E-state index in [0.29, 0.717) is 17.9 Å². The van der Waals surface area contributed by atoms with E-state index in [1.54, 1.807) is 13.8 Å². The number of amides is 4. The maximum absolute atomic E-state index is 12.5. The monoisotopic (exact) mass is 359 g/mol. The van der Waals surface area contributed by atoms with Gasteiger partial charge in [-0.1, -0.05) is 36.4 Å². The van der Waals surface area contributed by atoms with Crippen LogP contribution in [-0.4, -0.2) is 41.0 Å². The van der Waals surface area contributed by atoms with Crippen LogP contribution < -0.4 is 10.7 Å². The Morgan fingerprint density at radius 1 is 1.27 bits per heavy atom. The molecule has 2 N–H and O–H groups in total. The minimum absolute atomic E-state index is 0.379. The zero-order chi connectivity index (χ0) is 19.2. The lowest BCUT2D eigenvalue weighted by molar-refractivity contribution is -0.147. The van der Waals surface area contributed by atoms with Crippen molar-refractivity contribution in [2.24, 2.45) is 0 Å². The highest BCUT2D eigenvalue weighted by molar-refractivity contribution is 6.07. The highest BCUT2D eigenvalue weighted by Gasteiger charge is 2.48. The van der Waals surface area contributed by atoms with Gasteiger partial charge in [-0.2, -0.15) is 5.01 Å². The molecule has 1 heterocycles. The van der Waals surface area contributed by atoms with Crippen molar-refractivity contribution in [1.82, 2.24) is 15.8 Å². The largest absolute Gasteiger partial charge is 0.452 e. The molecule has 0 radical (unpaired) electrons. The van der Waals surface area contributed by atoms with E-state index in [1.807, 2.05) is 30.3 Å². The van der Waals surface area contributed by atoms with Crippen LogP contribution >= 0.6 is 0 Å². The summed E-state index contributed by atoms with van der Waals surface area (Å²) in [6.07, 6.45) is 3.59. The number of esters is 1. The highest BCUT2D eigenvalue weighted by atomic mass is 16.5. The maximum Gasteiger partial charge on any atom is 0.344 e. The third-order valence-corrected chi connectivity index (χ3v) is 3.90. The first-order valence-electron chi connectivity index (χ1n) is 8.15. The Labute approximate surface area is 151 Å². The van der Waals surface area contributed by atoms with Gasteiger partial charge in [0.25, 0.3) is 11.8 Å². The number of benzene rings is 1. The number of urea groups is 1. The number of ether oxygens (including phenoxy) is 1. The summed E-state index contributed by atoms with van der Waals surface area (Å²) in [5.74, 6) is -2.03. The summed E-state index contributed by atoms with van der Waals surface area (Å²) < 4.78 is 4.67.